The second-order valence-corrected chi connectivity index (χ2v) is 3.54. The molecule has 0 aliphatic carbocycles. The molecule has 1 aromatic carbocycles. The van der Waals surface area contributed by atoms with E-state index < -0.39 is 0 Å². The highest BCUT2D eigenvalue weighted by Gasteiger charge is 2.13. The fourth-order valence-electron chi connectivity index (χ4n) is 1.37. The molecule has 0 aliphatic rings. The van der Waals surface area contributed by atoms with Crippen molar-refractivity contribution in [2.45, 2.75) is 20.1 Å². The van der Waals surface area contributed by atoms with Crippen molar-refractivity contribution in [1.29, 1.82) is 0 Å². The van der Waals surface area contributed by atoms with Gasteiger partial charge < -0.3 is 14.2 Å². The van der Waals surface area contributed by atoms with Gasteiger partial charge in [0.2, 0.25) is 0 Å². The van der Waals surface area contributed by atoms with Crippen LogP contribution in [0.3, 0.4) is 0 Å². The summed E-state index contributed by atoms with van der Waals surface area (Å²) in [5.74, 6) is 0.628. The van der Waals surface area contributed by atoms with Crippen LogP contribution in [0.15, 0.2) is 18.2 Å². The van der Waals surface area contributed by atoms with Gasteiger partial charge in [0.25, 0.3) is 0 Å². The Morgan fingerprint density at radius 1 is 1.19 bits per heavy atom. The molecule has 0 spiro atoms. The second kappa shape index (κ2) is 6.74. The number of hydrogen-bond acceptors (Lipinski definition) is 3. The van der Waals surface area contributed by atoms with Gasteiger partial charge in [-0.2, -0.15) is 0 Å². The summed E-state index contributed by atoms with van der Waals surface area (Å²) in [6.07, 6.45) is -0.360. The molecule has 4 heteroatoms. The monoisotopic (exact) mass is 244 g/mol. The van der Waals surface area contributed by atoms with Gasteiger partial charge in [0.15, 0.2) is 6.29 Å². The Bertz CT molecular complexity index is 322. The van der Waals surface area contributed by atoms with E-state index in [9.17, 15) is 0 Å². The third-order valence-electron chi connectivity index (χ3n) is 2.08. The summed E-state index contributed by atoms with van der Waals surface area (Å²) in [6, 6.07) is 5.49. The molecule has 0 bridgehead atoms. The smallest absolute Gasteiger partial charge is 0.183 e. The van der Waals surface area contributed by atoms with Gasteiger partial charge in [-0.3, -0.25) is 0 Å². The van der Waals surface area contributed by atoms with E-state index in [1.807, 2.05) is 26.0 Å². The van der Waals surface area contributed by atoms with Gasteiger partial charge in [-0.25, -0.2) is 0 Å². The molecule has 3 nitrogen and oxygen atoms in total. The highest BCUT2D eigenvalue weighted by molar-refractivity contribution is 6.32. The van der Waals surface area contributed by atoms with Crippen LogP contribution in [-0.2, 0) is 9.47 Å². The Balaban J connectivity index is 2.90. The van der Waals surface area contributed by atoms with Crippen molar-refractivity contribution in [2.75, 3.05) is 20.3 Å². The lowest BCUT2D eigenvalue weighted by atomic mass is 10.2. The lowest BCUT2D eigenvalue weighted by molar-refractivity contribution is -0.140. The molecule has 1 aromatic rings. The third-order valence-corrected chi connectivity index (χ3v) is 2.40. The lowest BCUT2D eigenvalue weighted by Crippen LogP contribution is -2.08. The van der Waals surface area contributed by atoms with Gasteiger partial charge in [-0.1, -0.05) is 17.7 Å². The van der Waals surface area contributed by atoms with Crippen LogP contribution in [0.4, 0.5) is 0 Å². The maximum absolute atomic E-state index is 5.95. The SMILES string of the molecule is CCOC(OCC)c1ccc(Cl)c(OC)c1. The molecule has 0 fully saturated rings. The van der Waals surface area contributed by atoms with Gasteiger partial charge in [0.05, 0.1) is 12.1 Å². The number of hydrogen-bond donors (Lipinski definition) is 0. The summed E-state index contributed by atoms with van der Waals surface area (Å²) in [5.41, 5.74) is 0.907. The fourth-order valence-corrected chi connectivity index (χ4v) is 1.56. The summed E-state index contributed by atoms with van der Waals surface area (Å²) >= 11 is 5.95. The molecule has 90 valence electrons. The van der Waals surface area contributed by atoms with Crippen LogP contribution in [0.25, 0.3) is 0 Å². The van der Waals surface area contributed by atoms with Crippen molar-refractivity contribution in [2.24, 2.45) is 0 Å². The van der Waals surface area contributed by atoms with E-state index in [1.165, 1.54) is 0 Å². The number of ether oxygens (including phenoxy) is 3. The number of halogens is 1. The first kappa shape index (κ1) is 13.3. The van der Waals surface area contributed by atoms with Crippen molar-refractivity contribution in [1.82, 2.24) is 0 Å². The van der Waals surface area contributed by atoms with Crippen molar-refractivity contribution < 1.29 is 14.2 Å². The molecular formula is C12H17ClO3. The molecular weight excluding hydrogens is 228 g/mol. The molecule has 0 radical (unpaired) electrons. The largest absolute Gasteiger partial charge is 0.495 e. The highest BCUT2D eigenvalue weighted by Crippen LogP contribution is 2.29. The van der Waals surface area contributed by atoms with Crippen molar-refractivity contribution >= 4 is 11.6 Å². The first-order valence-electron chi connectivity index (χ1n) is 5.29. The Labute approximate surface area is 101 Å². The molecule has 0 aliphatic heterocycles. The topological polar surface area (TPSA) is 27.7 Å². The highest BCUT2D eigenvalue weighted by atomic mass is 35.5. The Kier molecular flexibility index (Phi) is 5.60. The van der Waals surface area contributed by atoms with Crippen LogP contribution in [-0.4, -0.2) is 20.3 Å². The molecule has 0 atom stereocenters. The number of benzene rings is 1. The maximum Gasteiger partial charge on any atom is 0.183 e. The van der Waals surface area contributed by atoms with Gasteiger partial charge >= 0.3 is 0 Å². The fraction of sp³-hybridized carbons (Fsp3) is 0.500. The van der Waals surface area contributed by atoms with Gasteiger partial charge in [0, 0.05) is 18.8 Å². The first-order chi connectivity index (χ1) is 7.72. The van der Waals surface area contributed by atoms with Gasteiger partial charge in [0.1, 0.15) is 5.75 Å². The van der Waals surface area contributed by atoms with Crippen molar-refractivity contribution in [3.8, 4) is 5.75 Å². The van der Waals surface area contributed by atoms with Gasteiger partial charge in [-0.05, 0) is 26.0 Å². The number of rotatable bonds is 6. The van der Waals surface area contributed by atoms with Crippen LogP contribution in [0, 0.1) is 0 Å². The van der Waals surface area contributed by atoms with Crippen LogP contribution < -0.4 is 4.74 Å². The molecule has 0 saturated heterocycles. The molecule has 0 saturated carbocycles. The summed E-state index contributed by atoms with van der Waals surface area (Å²) in [6.45, 7) is 5.05. The Morgan fingerprint density at radius 2 is 1.81 bits per heavy atom. The van der Waals surface area contributed by atoms with Crippen LogP contribution in [0.2, 0.25) is 5.02 Å². The summed E-state index contributed by atoms with van der Waals surface area (Å²) in [5, 5.41) is 0.581. The first-order valence-corrected chi connectivity index (χ1v) is 5.67. The predicted octanol–water partition coefficient (Wildman–Crippen LogP) is 3.42. The van der Waals surface area contributed by atoms with Crippen molar-refractivity contribution in [3.05, 3.63) is 28.8 Å². The summed E-state index contributed by atoms with van der Waals surface area (Å²) < 4.78 is 16.1. The average molecular weight is 245 g/mol. The summed E-state index contributed by atoms with van der Waals surface area (Å²) in [4.78, 5) is 0. The van der Waals surface area contributed by atoms with Crippen LogP contribution >= 0.6 is 11.6 Å². The van der Waals surface area contributed by atoms with E-state index in [0.717, 1.165) is 5.56 Å². The molecule has 0 N–H and O–H groups in total. The molecule has 1 rings (SSSR count). The molecule has 0 aromatic heterocycles. The minimum absolute atomic E-state index is 0.360. The average Bonchev–Trinajstić information content (AvgIpc) is 2.29. The van der Waals surface area contributed by atoms with E-state index in [-0.39, 0.29) is 6.29 Å². The second-order valence-electron chi connectivity index (χ2n) is 3.14. The van der Waals surface area contributed by atoms with E-state index in [1.54, 1.807) is 13.2 Å². The zero-order valence-corrected chi connectivity index (χ0v) is 10.6. The predicted molar refractivity (Wildman–Crippen MR) is 64.0 cm³/mol. The van der Waals surface area contributed by atoms with E-state index in [2.05, 4.69) is 0 Å². The standard InChI is InChI=1S/C12H17ClO3/c1-4-15-12(16-5-2)9-6-7-10(13)11(8-9)14-3/h6-8,12H,4-5H2,1-3H3. The molecule has 0 unspecified atom stereocenters. The van der Waals surface area contributed by atoms with Gasteiger partial charge in [-0.15, -0.1) is 0 Å². The zero-order chi connectivity index (χ0) is 12.0. The normalized spacial score (nSPS) is 10.8. The minimum Gasteiger partial charge on any atom is -0.495 e. The quantitative estimate of drug-likeness (QED) is 0.718. The maximum atomic E-state index is 5.95. The molecule has 16 heavy (non-hydrogen) atoms. The summed E-state index contributed by atoms with van der Waals surface area (Å²) in [7, 11) is 1.58. The molecule has 0 amide bonds. The Hall–Kier alpha value is -0.770. The van der Waals surface area contributed by atoms with E-state index in [0.29, 0.717) is 24.0 Å². The third kappa shape index (κ3) is 3.37. The number of methoxy groups -OCH3 is 1. The minimum atomic E-state index is -0.360. The van der Waals surface area contributed by atoms with Crippen LogP contribution in [0.5, 0.6) is 5.75 Å². The van der Waals surface area contributed by atoms with E-state index in [4.69, 9.17) is 25.8 Å². The van der Waals surface area contributed by atoms with Crippen molar-refractivity contribution in [3.63, 3.8) is 0 Å². The molecule has 0 heterocycles. The van der Waals surface area contributed by atoms with E-state index >= 15 is 0 Å². The lowest BCUT2D eigenvalue weighted by Gasteiger charge is -2.18. The zero-order valence-electron chi connectivity index (χ0n) is 9.83. The van der Waals surface area contributed by atoms with Crippen LogP contribution in [0.1, 0.15) is 25.7 Å². The Morgan fingerprint density at radius 3 is 2.31 bits per heavy atom.